The summed E-state index contributed by atoms with van der Waals surface area (Å²) in [6.45, 7) is 4.01. The van der Waals surface area contributed by atoms with Crippen LogP contribution in [0.2, 0.25) is 0 Å². The lowest BCUT2D eigenvalue weighted by molar-refractivity contribution is -0.123. The first-order chi connectivity index (χ1) is 22.4. The molecule has 0 saturated carbocycles. The van der Waals surface area contributed by atoms with Crippen LogP contribution >= 0.6 is 7.82 Å². The minimum Gasteiger partial charge on any atom is -0.387 e. The van der Waals surface area contributed by atoms with Crippen molar-refractivity contribution >= 4 is 13.7 Å². The van der Waals surface area contributed by atoms with Gasteiger partial charge in [0.1, 0.15) is 0 Å². The van der Waals surface area contributed by atoms with Gasteiger partial charge in [-0.25, -0.2) is 4.57 Å². The number of aliphatic hydroxyl groups is 1. The minimum absolute atomic E-state index is 0.0722. The number of carbonyl (C=O) groups is 1. The van der Waals surface area contributed by atoms with Crippen LogP contribution in [0.15, 0.2) is 36.5 Å². The number of nitrogens with two attached hydrogens (primary N) is 1. The summed E-state index contributed by atoms with van der Waals surface area (Å²) >= 11 is 0. The van der Waals surface area contributed by atoms with Crippen molar-refractivity contribution in [3.8, 4) is 0 Å². The molecule has 0 aliphatic heterocycles. The van der Waals surface area contributed by atoms with Crippen LogP contribution in [0, 0.1) is 0 Å². The van der Waals surface area contributed by atoms with E-state index in [0.717, 1.165) is 51.4 Å². The van der Waals surface area contributed by atoms with Crippen molar-refractivity contribution in [1.29, 1.82) is 0 Å². The van der Waals surface area contributed by atoms with Crippen LogP contribution in [0.4, 0.5) is 0 Å². The van der Waals surface area contributed by atoms with Crippen molar-refractivity contribution < 1.29 is 28.4 Å². The van der Waals surface area contributed by atoms with Crippen molar-refractivity contribution in [2.75, 3.05) is 19.8 Å². The zero-order valence-corrected chi connectivity index (χ0v) is 30.4. The molecule has 0 fully saturated rings. The monoisotopic (exact) mass is 671 g/mol. The van der Waals surface area contributed by atoms with E-state index in [-0.39, 0.29) is 25.7 Å². The standard InChI is InChI=1S/C37H71N2O6P/c1-3-5-7-9-11-13-15-16-17-18-19-21-23-25-27-29-31-37(41)39-35(34-45-46(42,43)44-33-32-38)36(40)30-28-26-24-22-20-14-12-10-8-6-4-2/h8,10,20,22,28,30,35-36,40H,3-7,9,11-19,21,23-27,29,31-34,38H2,1-2H3,(H,39,41)(H,42,43)/b10-8+,22-20+,30-28+. The van der Waals surface area contributed by atoms with Crippen LogP contribution in [0.1, 0.15) is 162 Å². The zero-order chi connectivity index (χ0) is 34.0. The van der Waals surface area contributed by atoms with Crippen LogP contribution < -0.4 is 11.1 Å². The lowest BCUT2D eigenvalue weighted by Gasteiger charge is -2.23. The Balaban J connectivity index is 4.32. The lowest BCUT2D eigenvalue weighted by Crippen LogP contribution is -2.45. The number of amides is 1. The fourth-order valence-corrected chi connectivity index (χ4v) is 5.87. The van der Waals surface area contributed by atoms with Crippen molar-refractivity contribution in [1.82, 2.24) is 5.32 Å². The van der Waals surface area contributed by atoms with Crippen molar-refractivity contribution in [3.63, 3.8) is 0 Å². The van der Waals surface area contributed by atoms with Crippen molar-refractivity contribution in [3.05, 3.63) is 36.5 Å². The number of unbranched alkanes of at least 4 members (excludes halogenated alkanes) is 18. The summed E-state index contributed by atoms with van der Waals surface area (Å²) in [4.78, 5) is 22.5. The minimum atomic E-state index is -4.34. The smallest absolute Gasteiger partial charge is 0.387 e. The fraction of sp³-hybridized carbons (Fsp3) is 0.811. The number of rotatable bonds is 34. The molecule has 0 bridgehead atoms. The average Bonchev–Trinajstić information content (AvgIpc) is 3.04. The van der Waals surface area contributed by atoms with E-state index in [1.54, 1.807) is 6.08 Å². The van der Waals surface area contributed by atoms with E-state index < -0.39 is 20.0 Å². The van der Waals surface area contributed by atoms with Gasteiger partial charge in [-0.15, -0.1) is 0 Å². The molecule has 270 valence electrons. The molecule has 0 spiro atoms. The van der Waals surface area contributed by atoms with Gasteiger partial charge >= 0.3 is 7.82 Å². The molecule has 9 heteroatoms. The fourth-order valence-electron chi connectivity index (χ4n) is 5.11. The van der Waals surface area contributed by atoms with Gasteiger partial charge in [0, 0.05) is 13.0 Å². The highest BCUT2D eigenvalue weighted by atomic mass is 31.2. The highest BCUT2D eigenvalue weighted by molar-refractivity contribution is 7.47. The highest BCUT2D eigenvalue weighted by Gasteiger charge is 2.26. The molecule has 5 N–H and O–H groups in total. The number of hydrogen-bond acceptors (Lipinski definition) is 6. The molecule has 8 nitrogen and oxygen atoms in total. The van der Waals surface area contributed by atoms with Crippen LogP contribution in [0.5, 0.6) is 0 Å². The Labute approximate surface area is 282 Å². The molecule has 46 heavy (non-hydrogen) atoms. The molecule has 3 atom stereocenters. The summed E-state index contributed by atoms with van der Waals surface area (Å²) in [5, 5.41) is 13.5. The van der Waals surface area contributed by atoms with Gasteiger partial charge in [-0.05, 0) is 38.5 Å². The Hall–Kier alpha value is -1.28. The van der Waals surface area contributed by atoms with Gasteiger partial charge in [-0.2, -0.15) is 0 Å². The average molecular weight is 671 g/mol. The third-order valence-electron chi connectivity index (χ3n) is 7.93. The molecule has 0 aliphatic carbocycles. The Kier molecular flexibility index (Phi) is 32.7. The van der Waals surface area contributed by atoms with Crippen LogP contribution in [-0.2, 0) is 18.4 Å². The molecule has 0 heterocycles. The second-order valence-electron chi connectivity index (χ2n) is 12.4. The third kappa shape index (κ3) is 31.3. The van der Waals surface area contributed by atoms with E-state index in [4.69, 9.17) is 14.8 Å². The summed E-state index contributed by atoms with van der Waals surface area (Å²) in [6, 6.07) is -0.878. The summed E-state index contributed by atoms with van der Waals surface area (Å²) in [7, 11) is -4.34. The molecule has 0 aliphatic rings. The number of nitrogens with one attached hydrogen (secondary N) is 1. The predicted molar refractivity (Wildman–Crippen MR) is 194 cm³/mol. The van der Waals surface area contributed by atoms with E-state index in [2.05, 4.69) is 43.5 Å². The first kappa shape index (κ1) is 44.7. The molecule has 0 rings (SSSR count). The van der Waals surface area contributed by atoms with Crippen molar-refractivity contribution in [2.24, 2.45) is 5.73 Å². The summed E-state index contributed by atoms with van der Waals surface area (Å²) in [6.07, 6.45) is 37.7. The zero-order valence-electron chi connectivity index (χ0n) is 29.6. The van der Waals surface area contributed by atoms with Crippen LogP contribution in [0.3, 0.4) is 0 Å². The maximum absolute atomic E-state index is 12.7. The molecule has 3 unspecified atom stereocenters. The second-order valence-corrected chi connectivity index (χ2v) is 13.9. The van der Waals surface area contributed by atoms with Gasteiger partial charge in [0.15, 0.2) is 0 Å². The largest absolute Gasteiger partial charge is 0.472 e. The number of allylic oxidation sites excluding steroid dienone is 5. The molecular weight excluding hydrogens is 599 g/mol. The third-order valence-corrected chi connectivity index (χ3v) is 8.91. The molecule has 0 aromatic carbocycles. The van der Waals surface area contributed by atoms with Crippen molar-refractivity contribution in [2.45, 2.75) is 174 Å². The molecule has 0 radical (unpaired) electrons. The predicted octanol–water partition coefficient (Wildman–Crippen LogP) is 9.61. The first-order valence-corrected chi connectivity index (χ1v) is 20.1. The Morgan fingerprint density at radius 2 is 1.15 bits per heavy atom. The number of phosphoric acid groups is 1. The van der Waals surface area contributed by atoms with Gasteiger partial charge in [0.25, 0.3) is 0 Å². The lowest BCUT2D eigenvalue weighted by atomic mass is 10.0. The Morgan fingerprint density at radius 3 is 1.63 bits per heavy atom. The summed E-state index contributed by atoms with van der Waals surface area (Å²) in [5.74, 6) is -0.210. The molecule has 0 aromatic rings. The highest BCUT2D eigenvalue weighted by Crippen LogP contribution is 2.43. The van der Waals surface area contributed by atoms with E-state index >= 15 is 0 Å². The van der Waals surface area contributed by atoms with Gasteiger partial charge in [-0.3, -0.25) is 13.8 Å². The topological polar surface area (TPSA) is 131 Å². The summed E-state index contributed by atoms with van der Waals surface area (Å²) in [5.41, 5.74) is 5.34. The van der Waals surface area contributed by atoms with Crippen LogP contribution in [0.25, 0.3) is 0 Å². The number of phosphoric ester groups is 1. The Morgan fingerprint density at radius 1 is 0.696 bits per heavy atom. The molecule has 0 saturated heterocycles. The normalized spacial score (nSPS) is 14.8. The van der Waals surface area contributed by atoms with Crippen LogP contribution in [-0.4, -0.2) is 47.8 Å². The van der Waals surface area contributed by atoms with E-state index in [9.17, 15) is 19.4 Å². The number of carbonyl (C=O) groups excluding carboxylic acids is 1. The first-order valence-electron chi connectivity index (χ1n) is 18.6. The maximum atomic E-state index is 12.7. The quantitative estimate of drug-likeness (QED) is 0.0305. The summed E-state index contributed by atoms with van der Waals surface area (Å²) < 4.78 is 22.0. The van der Waals surface area contributed by atoms with Gasteiger partial charge in [0.2, 0.25) is 5.91 Å². The van der Waals surface area contributed by atoms with Gasteiger partial charge < -0.3 is 21.1 Å². The molecular formula is C37H71N2O6P. The van der Waals surface area contributed by atoms with Gasteiger partial charge in [0.05, 0.1) is 25.4 Å². The maximum Gasteiger partial charge on any atom is 0.472 e. The van der Waals surface area contributed by atoms with Gasteiger partial charge in [-0.1, -0.05) is 153 Å². The second kappa shape index (κ2) is 33.6. The Bertz CT molecular complexity index is 820. The number of hydrogen-bond donors (Lipinski definition) is 4. The molecule has 0 aromatic heterocycles. The van der Waals surface area contributed by atoms with E-state index in [1.165, 1.54) is 89.9 Å². The SMILES string of the molecule is CCC/C=C/CC/C=C/CC/C=C/C(O)C(COP(=O)(O)OCCN)NC(=O)CCCCCCCCCCCCCCCCCC. The van der Waals surface area contributed by atoms with E-state index in [0.29, 0.717) is 6.42 Å². The number of aliphatic hydroxyl groups excluding tert-OH is 1. The van der Waals surface area contributed by atoms with E-state index in [1.807, 2.05) is 6.08 Å². The molecule has 1 amide bonds.